The molecule has 0 saturated carbocycles. The Morgan fingerprint density at radius 2 is 1.78 bits per heavy atom. The topological polar surface area (TPSA) is 66.8 Å². The minimum atomic E-state index is -1.71. The highest BCUT2D eigenvalue weighted by atomic mass is 35.5. The van der Waals surface area contributed by atoms with Crippen molar-refractivity contribution < 1.29 is 19.4 Å². The van der Waals surface area contributed by atoms with E-state index in [1.165, 1.54) is 13.0 Å². The van der Waals surface area contributed by atoms with Crippen LogP contribution in [0.4, 0.5) is 4.79 Å². The van der Waals surface area contributed by atoms with Crippen molar-refractivity contribution in [2.75, 3.05) is 6.54 Å². The van der Waals surface area contributed by atoms with Crippen molar-refractivity contribution >= 4 is 35.3 Å². The average Bonchev–Trinajstić information content (AvgIpc) is 2.40. The van der Waals surface area contributed by atoms with Crippen molar-refractivity contribution in [1.82, 2.24) is 4.90 Å². The lowest BCUT2D eigenvalue weighted by molar-refractivity contribution is -0.150. The van der Waals surface area contributed by atoms with E-state index >= 15 is 0 Å². The van der Waals surface area contributed by atoms with Crippen LogP contribution in [0.2, 0.25) is 10.0 Å². The van der Waals surface area contributed by atoms with Gasteiger partial charge in [-0.3, -0.25) is 4.90 Å². The molecule has 128 valence electrons. The zero-order valence-electron chi connectivity index (χ0n) is 13.8. The second kappa shape index (κ2) is 6.97. The number of carboxylic acids is 1. The van der Waals surface area contributed by atoms with Crippen LogP contribution in [-0.2, 0) is 15.1 Å². The molecule has 5 nitrogen and oxygen atoms in total. The molecule has 23 heavy (non-hydrogen) atoms. The number of carbonyl (C=O) groups is 2. The molecule has 0 bridgehead atoms. The summed E-state index contributed by atoms with van der Waals surface area (Å²) in [4.78, 5) is 25.6. The Morgan fingerprint density at radius 3 is 2.22 bits per heavy atom. The van der Waals surface area contributed by atoms with Crippen LogP contribution in [0.25, 0.3) is 0 Å². The summed E-state index contributed by atoms with van der Waals surface area (Å²) in [7, 11) is 0. The number of ether oxygens (including phenoxy) is 1. The first kappa shape index (κ1) is 19.6. The van der Waals surface area contributed by atoms with Gasteiger partial charge in [-0.2, -0.15) is 0 Å². The standard InChI is InChI=1S/C16H21Cl2NO4/c1-6-19(14(22)23-15(2,3)4)16(5,13(20)21)10-8-7-9-11(17)12(10)18/h7-9H,6H2,1-5H3,(H,20,21). The molecule has 7 heteroatoms. The zero-order chi connectivity index (χ0) is 18.0. The first-order chi connectivity index (χ1) is 10.4. The minimum Gasteiger partial charge on any atom is -0.479 e. The number of halogens is 2. The maximum atomic E-state index is 12.5. The molecular formula is C16H21Cl2NO4. The molecule has 0 saturated heterocycles. The van der Waals surface area contributed by atoms with Gasteiger partial charge in [-0.15, -0.1) is 0 Å². The normalized spacial score (nSPS) is 14.0. The maximum absolute atomic E-state index is 12.5. The van der Waals surface area contributed by atoms with E-state index in [2.05, 4.69) is 0 Å². The van der Waals surface area contributed by atoms with Crippen molar-refractivity contribution in [2.24, 2.45) is 0 Å². The molecule has 0 spiro atoms. The fraction of sp³-hybridized carbons (Fsp3) is 0.500. The predicted molar refractivity (Wildman–Crippen MR) is 90.1 cm³/mol. The van der Waals surface area contributed by atoms with Gasteiger partial charge in [0.15, 0.2) is 5.54 Å². The highest BCUT2D eigenvalue weighted by Crippen LogP contribution is 2.38. The summed E-state index contributed by atoms with van der Waals surface area (Å²) in [5.41, 5.74) is -2.23. The Labute approximate surface area is 146 Å². The van der Waals surface area contributed by atoms with Crippen molar-refractivity contribution in [1.29, 1.82) is 0 Å². The van der Waals surface area contributed by atoms with Gasteiger partial charge < -0.3 is 9.84 Å². The molecule has 0 aliphatic rings. The highest BCUT2D eigenvalue weighted by molar-refractivity contribution is 6.42. The minimum absolute atomic E-state index is 0.0982. The highest BCUT2D eigenvalue weighted by Gasteiger charge is 2.46. The van der Waals surface area contributed by atoms with Gasteiger partial charge in [-0.05, 0) is 40.7 Å². The first-order valence-electron chi connectivity index (χ1n) is 7.13. The van der Waals surface area contributed by atoms with Gasteiger partial charge in [0.25, 0.3) is 0 Å². The molecule has 1 aromatic rings. The summed E-state index contributed by atoms with van der Waals surface area (Å²) in [6.07, 6.45) is -0.735. The Hall–Kier alpha value is -1.46. The summed E-state index contributed by atoms with van der Waals surface area (Å²) in [5, 5.41) is 10.1. The van der Waals surface area contributed by atoms with Crippen molar-refractivity contribution in [3.63, 3.8) is 0 Å². The lowest BCUT2D eigenvalue weighted by Gasteiger charge is -2.38. The predicted octanol–water partition coefficient (Wildman–Crippen LogP) is 4.55. The molecule has 1 aromatic carbocycles. The van der Waals surface area contributed by atoms with Crippen LogP contribution in [0.15, 0.2) is 18.2 Å². The van der Waals surface area contributed by atoms with E-state index in [0.29, 0.717) is 0 Å². The second-order valence-electron chi connectivity index (χ2n) is 6.20. The molecule has 1 N–H and O–H groups in total. The van der Waals surface area contributed by atoms with Crippen LogP contribution in [0.5, 0.6) is 0 Å². The molecule has 0 aliphatic heterocycles. The average molecular weight is 362 g/mol. The number of hydrogen-bond donors (Lipinski definition) is 1. The Morgan fingerprint density at radius 1 is 1.22 bits per heavy atom. The van der Waals surface area contributed by atoms with Crippen LogP contribution < -0.4 is 0 Å². The molecule has 0 radical (unpaired) electrons. The summed E-state index contributed by atoms with van der Waals surface area (Å²) in [6, 6.07) is 4.68. The van der Waals surface area contributed by atoms with Crippen molar-refractivity contribution in [3.8, 4) is 0 Å². The Bertz CT molecular complexity index is 613. The fourth-order valence-electron chi connectivity index (χ4n) is 2.20. The number of hydrogen-bond acceptors (Lipinski definition) is 3. The van der Waals surface area contributed by atoms with Crippen LogP contribution >= 0.6 is 23.2 Å². The van der Waals surface area contributed by atoms with Gasteiger partial charge in [0, 0.05) is 12.1 Å². The third kappa shape index (κ3) is 4.09. The van der Waals surface area contributed by atoms with Crippen LogP contribution in [0.3, 0.4) is 0 Å². The zero-order valence-corrected chi connectivity index (χ0v) is 15.3. The molecule has 1 rings (SSSR count). The van der Waals surface area contributed by atoms with Crippen molar-refractivity contribution in [2.45, 2.75) is 45.8 Å². The molecule has 0 fully saturated rings. The van der Waals surface area contributed by atoms with Crippen molar-refractivity contribution in [3.05, 3.63) is 33.8 Å². The number of carboxylic acid groups (broad SMARTS) is 1. The Kier molecular flexibility index (Phi) is 5.94. The third-order valence-electron chi connectivity index (χ3n) is 3.36. The van der Waals surface area contributed by atoms with Crippen LogP contribution in [-0.4, -0.2) is 34.2 Å². The van der Waals surface area contributed by atoms with E-state index in [1.807, 2.05) is 0 Å². The maximum Gasteiger partial charge on any atom is 0.411 e. The van der Waals surface area contributed by atoms with Gasteiger partial charge in [0.2, 0.25) is 0 Å². The summed E-state index contributed by atoms with van der Waals surface area (Å²) < 4.78 is 5.33. The Balaban J connectivity index is 3.45. The molecule has 0 heterocycles. The largest absolute Gasteiger partial charge is 0.479 e. The summed E-state index contributed by atoms with van der Waals surface area (Å²) >= 11 is 12.2. The molecule has 1 amide bonds. The quantitative estimate of drug-likeness (QED) is 0.853. The summed E-state index contributed by atoms with van der Waals surface area (Å²) in [6.45, 7) is 8.33. The van der Waals surface area contributed by atoms with Gasteiger partial charge in [0.1, 0.15) is 5.60 Å². The van der Waals surface area contributed by atoms with Gasteiger partial charge in [-0.25, -0.2) is 9.59 Å². The number of likely N-dealkylation sites (N-methyl/N-ethyl adjacent to an activating group) is 1. The number of carbonyl (C=O) groups excluding carboxylic acids is 1. The molecule has 0 aromatic heterocycles. The van der Waals surface area contributed by atoms with E-state index in [0.717, 1.165) is 4.90 Å². The van der Waals surface area contributed by atoms with Crippen LogP contribution in [0.1, 0.15) is 40.2 Å². The van der Waals surface area contributed by atoms with Gasteiger partial charge in [-0.1, -0.05) is 35.3 Å². The van der Waals surface area contributed by atoms with E-state index < -0.39 is 23.2 Å². The lowest BCUT2D eigenvalue weighted by Crippen LogP contribution is -2.54. The monoisotopic (exact) mass is 361 g/mol. The number of amides is 1. The molecule has 1 unspecified atom stereocenters. The van der Waals surface area contributed by atoms with E-state index in [4.69, 9.17) is 27.9 Å². The summed E-state index contributed by atoms with van der Waals surface area (Å²) in [5.74, 6) is -1.23. The number of rotatable bonds is 4. The van der Waals surface area contributed by atoms with Crippen LogP contribution in [0, 0.1) is 0 Å². The first-order valence-corrected chi connectivity index (χ1v) is 7.89. The number of aliphatic carboxylic acids is 1. The third-order valence-corrected chi connectivity index (χ3v) is 4.18. The fourth-order valence-corrected chi connectivity index (χ4v) is 2.69. The molecule has 0 aliphatic carbocycles. The van der Waals surface area contributed by atoms with E-state index in [1.54, 1.807) is 39.8 Å². The van der Waals surface area contributed by atoms with Gasteiger partial charge >= 0.3 is 12.1 Å². The van der Waals surface area contributed by atoms with Gasteiger partial charge in [0.05, 0.1) is 10.0 Å². The second-order valence-corrected chi connectivity index (χ2v) is 6.99. The molecular weight excluding hydrogens is 341 g/mol. The number of nitrogens with zero attached hydrogens (tertiary/aromatic N) is 1. The van der Waals surface area contributed by atoms with E-state index in [-0.39, 0.29) is 22.2 Å². The number of benzene rings is 1. The smallest absolute Gasteiger partial charge is 0.411 e. The van der Waals surface area contributed by atoms with E-state index in [9.17, 15) is 14.7 Å². The SMILES string of the molecule is CCN(C(=O)OC(C)(C)C)C(C)(C(=O)O)c1cccc(Cl)c1Cl. The lowest BCUT2D eigenvalue weighted by atomic mass is 9.90. The molecule has 1 atom stereocenters.